The number of rotatable bonds is 5. The number of hydrogen-bond donors (Lipinski definition) is 1. The molecular weight excluding hydrogens is 443 g/mol. The van der Waals surface area contributed by atoms with Gasteiger partial charge in [-0.25, -0.2) is 13.9 Å². The second-order valence-corrected chi connectivity index (χ2v) is 10.2. The lowest BCUT2D eigenvalue weighted by molar-refractivity contribution is -0.130. The van der Waals surface area contributed by atoms with Crippen molar-refractivity contribution in [3.8, 4) is 11.4 Å². The molecule has 1 amide bonds. The number of benzene rings is 1. The molecule has 0 atom stereocenters. The van der Waals surface area contributed by atoms with Crippen molar-refractivity contribution in [3.63, 3.8) is 0 Å². The van der Waals surface area contributed by atoms with Crippen LogP contribution < -0.4 is 0 Å². The number of piperidine rings is 1. The number of aromatic nitrogens is 4. The van der Waals surface area contributed by atoms with Gasteiger partial charge in [0, 0.05) is 31.2 Å². The number of carbonyl (C=O) groups excluding carboxylic acids is 1. The predicted molar refractivity (Wildman–Crippen MR) is 136 cm³/mol. The highest BCUT2D eigenvalue weighted by Crippen LogP contribution is 2.38. The average Bonchev–Trinajstić information content (AvgIpc) is 3.36. The number of likely N-dealkylation sites (tertiary alicyclic amines) is 1. The molecule has 3 aromatic heterocycles. The number of aryl methyl sites for hydroxylation is 1. The molecule has 0 aliphatic carbocycles. The Morgan fingerprint density at radius 2 is 1.97 bits per heavy atom. The minimum atomic E-state index is -0.380. The lowest BCUT2D eigenvalue weighted by Gasteiger charge is -2.32. The lowest BCUT2D eigenvalue weighted by atomic mass is 9.87. The smallest absolute Gasteiger partial charge is 0.236 e. The standard InChI is InChI=1S/C27H33FN6O/c1-16(2)24-20-14-19(18-8-11-33(12-9-18)15-23(35)32(4)5)6-7-21(20)29-26(24)22-10-13-34-27(30-22)25(28)17(3)31-34/h6-7,10,13-14,16,18,29H,8-9,11-12,15H2,1-5H3. The van der Waals surface area contributed by atoms with Crippen LogP contribution in [0.4, 0.5) is 4.39 Å². The van der Waals surface area contributed by atoms with E-state index < -0.39 is 0 Å². The fourth-order valence-electron chi connectivity index (χ4n) is 5.19. The van der Waals surface area contributed by atoms with Crippen molar-refractivity contribution in [3.05, 3.63) is 53.1 Å². The molecule has 0 bridgehead atoms. The Balaban J connectivity index is 1.46. The molecule has 1 fully saturated rings. The number of fused-ring (bicyclic) bond motifs is 2. The van der Waals surface area contributed by atoms with Gasteiger partial charge in [0.05, 0.1) is 23.6 Å². The van der Waals surface area contributed by atoms with Crippen molar-refractivity contribution in [2.45, 2.75) is 45.4 Å². The van der Waals surface area contributed by atoms with Gasteiger partial charge in [-0.05, 0) is 74.0 Å². The molecule has 5 rings (SSSR count). The maximum absolute atomic E-state index is 14.5. The van der Waals surface area contributed by atoms with Crippen molar-refractivity contribution in [1.82, 2.24) is 29.4 Å². The van der Waals surface area contributed by atoms with Gasteiger partial charge in [-0.2, -0.15) is 5.10 Å². The second-order valence-electron chi connectivity index (χ2n) is 10.2. The van der Waals surface area contributed by atoms with Crippen LogP contribution in [0, 0.1) is 12.7 Å². The molecule has 0 unspecified atom stereocenters. The Labute approximate surface area is 204 Å². The molecule has 1 saturated heterocycles. The largest absolute Gasteiger partial charge is 0.353 e. The van der Waals surface area contributed by atoms with Gasteiger partial charge >= 0.3 is 0 Å². The Morgan fingerprint density at radius 1 is 1.23 bits per heavy atom. The van der Waals surface area contributed by atoms with Crippen LogP contribution in [0.25, 0.3) is 27.9 Å². The molecule has 4 heterocycles. The van der Waals surface area contributed by atoms with E-state index in [1.165, 1.54) is 21.0 Å². The Kier molecular flexibility index (Phi) is 6.09. The first-order valence-corrected chi connectivity index (χ1v) is 12.3. The molecule has 1 aliphatic heterocycles. The number of nitrogens with one attached hydrogen (secondary N) is 1. The summed E-state index contributed by atoms with van der Waals surface area (Å²) in [5, 5.41) is 5.38. The molecule has 1 aliphatic rings. The number of carbonyl (C=O) groups is 1. The van der Waals surface area contributed by atoms with Gasteiger partial charge in [-0.15, -0.1) is 0 Å². The molecule has 7 nitrogen and oxygen atoms in total. The van der Waals surface area contributed by atoms with Crippen molar-refractivity contribution < 1.29 is 9.18 Å². The molecule has 0 radical (unpaired) electrons. The minimum absolute atomic E-state index is 0.157. The average molecular weight is 477 g/mol. The fourth-order valence-corrected chi connectivity index (χ4v) is 5.19. The maximum atomic E-state index is 14.5. The van der Waals surface area contributed by atoms with E-state index in [2.05, 4.69) is 52.0 Å². The summed E-state index contributed by atoms with van der Waals surface area (Å²) in [6, 6.07) is 8.58. The van der Waals surface area contributed by atoms with E-state index in [1.54, 1.807) is 18.0 Å². The molecule has 1 N–H and O–H groups in total. The molecule has 35 heavy (non-hydrogen) atoms. The SMILES string of the molecule is Cc1nn2ccc(-c3[nH]c4ccc(C5CCN(CC(=O)N(C)C)CC5)cc4c3C(C)C)nc2c1F. The van der Waals surface area contributed by atoms with Gasteiger partial charge in [0.1, 0.15) is 0 Å². The van der Waals surface area contributed by atoms with Gasteiger partial charge in [0.25, 0.3) is 0 Å². The summed E-state index contributed by atoms with van der Waals surface area (Å²) in [5.41, 5.74) is 5.84. The highest BCUT2D eigenvalue weighted by molar-refractivity contribution is 5.91. The zero-order valence-electron chi connectivity index (χ0n) is 21.1. The van der Waals surface area contributed by atoms with E-state index in [9.17, 15) is 9.18 Å². The number of halogens is 1. The van der Waals surface area contributed by atoms with Crippen molar-refractivity contribution in [1.29, 1.82) is 0 Å². The van der Waals surface area contributed by atoms with E-state index in [1.807, 2.05) is 20.2 Å². The number of hydrogen-bond acceptors (Lipinski definition) is 4. The van der Waals surface area contributed by atoms with E-state index in [0.717, 1.165) is 42.8 Å². The van der Waals surface area contributed by atoms with E-state index in [-0.39, 0.29) is 23.3 Å². The van der Waals surface area contributed by atoms with Crippen molar-refractivity contribution in [2.75, 3.05) is 33.7 Å². The van der Waals surface area contributed by atoms with E-state index in [4.69, 9.17) is 0 Å². The van der Waals surface area contributed by atoms with Crippen molar-refractivity contribution >= 4 is 22.5 Å². The Bertz CT molecular complexity index is 1390. The fraction of sp³-hybridized carbons (Fsp3) is 0.444. The van der Waals surface area contributed by atoms with Gasteiger partial charge in [-0.1, -0.05) is 19.9 Å². The normalized spacial score (nSPS) is 15.5. The third-order valence-electron chi connectivity index (χ3n) is 7.20. The minimum Gasteiger partial charge on any atom is -0.353 e. The monoisotopic (exact) mass is 476 g/mol. The first kappa shape index (κ1) is 23.5. The summed E-state index contributed by atoms with van der Waals surface area (Å²) in [4.78, 5) is 24.2. The van der Waals surface area contributed by atoms with Crippen LogP contribution in [0.1, 0.15) is 55.3 Å². The molecule has 4 aromatic rings. The number of aromatic amines is 1. The van der Waals surface area contributed by atoms with Gasteiger partial charge in [0.2, 0.25) is 5.91 Å². The van der Waals surface area contributed by atoms with E-state index >= 15 is 0 Å². The molecule has 1 aromatic carbocycles. The summed E-state index contributed by atoms with van der Waals surface area (Å²) in [6.07, 6.45) is 3.85. The second kappa shape index (κ2) is 9.07. The highest BCUT2D eigenvalue weighted by Gasteiger charge is 2.24. The summed E-state index contributed by atoms with van der Waals surface area (Å²) in [5.74, 6) is 0.517. The van der Waals surface area contributed by atoms with Crippen molar-refractivity contribution in [2.24, 2.45) is 0 Å². The van der Waals surface area contributed by atoms with Crippen LogP contribution in [0.5, 0.6) is 0 Å². The number of H-pyrrole nitrogens is 1. The van der Waals surface area contributed by atoms with E-state index in [0.29, 0.717) is 18.2 Å². The lowest BCUT2D eigenvalue weighted by Crippen LogP contribution is -2.40. The molecule has 0 spiro atoms. The summed E-state index contributed by atoms with van der Waals surface area (Å²) in [7, 11) is 3.62. The molecule has 184 valence electrons. The zero-order chi connectivity index (χ0) is 24.9. The van der Waals surface area contributed by atoms with Gasteiger partial charge < -0.3 is 9.88 Å². The Morgan fingerprint density at radius 3 is 2.66 bits per heavy atom. The number of nitrogens with zero attached hydrogens (tertiary/aromatic N) is 5. The third-order valence-corrected chi connectivity index (χ3v) is 7.20. The number of amides is 1. The van der Waals surface area contributed by atoms with Crippen LogP contribution in [0.15, 0.2) is 30.5 Å². The Hall–Kier alpha value is -3.26. The van der Waals surface area contributed by atoms with Crippen LogP contribution in [0.2, 0.25) is 0 Å². The summed E-state index contributed by atoms with van der Waals surface area (Å²) in [6.45, 7) is 8.36. The maximum Gasteiger partial charge on any atom is 0.236 e. The van der Waals surface area contributed by atoms with Crippen LogP contribution >= 0.6 is 0 Å². The topological polar surface area (TPSA) is 69.5 Å². The van der Waals surface area contributed by atoms with Crippen LogP contribution in [0.3, 0.4) is 0 Å². The quantitative estimate of drug-likeness (QED) is 0.453. The summed E-state index contributed by atoms with van der Waals surface area (Å²) >= 11 is 0. The number of likely N-dealkylation sites (N-methyl/N-ethyl adjacent to an activating group) is 1. The predicted octanol–water partition coefficient (Wildman–Crippen LogP) is 4.72. The van der Waals surface area contributed by atoms with Gasteiger partial charge in [0.15, 0.2) is 11.5 Å². The highest BCUT2D eigenvalue weighted by atomic mass is 19.1. The first-order valence-electron chi connectivity index (χ1n) is 12.3. The zero-order valence-corrected chi connectivity index (χ0v) is 21.1. The molecular formula is C27H33FN6O. The van der Waals surface area contributed by atoms with Crippen LogP contribution in [-0.4, -0.2) is 69.0 Å². The third kappa shape index (κ3) is 4.31. The molecule has 0 saturated carbocycles. The van der Waals surface area contributed by atoms with Crippen LogP contribution in [-0.2, 0) is 4.79 Å². The van der Waals surface area contributed by atoms with Gasteiger partial charge in [-0.3, -0.25) is 9.69 Å². The summed E-state index contributed by atoms with van der Waals surface area (Å²) < 4.78 is 16.0. The molecule has 8 heteroatoms. The first-order chi connectivity index (χ1) is 16.7.